The molecule has 2 aromatic carbocycles. The third-order valence-corrected chi connectivity index (χ3v) is 12.3. The molecule has 0 spiro atoms. The van der Waals surface area contributed by atoms with Gasteiger partial charge in [0.05, 0.1) is 39.8 Å². The Kier molecular flexibility index (Phi) is 17.2. The number of nitrogens with one attached hydrogen (secondary N) is 2. The zero-order chi connectivity index (χ0) is 42.0. The molecule has 0 atom stereocenters. The average molecular weight is 869 g/mol. The molecule has 4 heterocycles. The van der Waals surface area contributed by atoms with Gasteiger partial charge in [-0.15, -0.1) is 12.4 Å². The minimum Gasteiger partial charge on any atom is -0.369 e. The molecule has 0 radical (unpaired) electrons. The second kappa shape index (κ2) is 21.4. The number of nitriles is 2. The molecule has 59 heavy (non-hydrogen) atoms. The summed E-state index contributed by atoms with van der Waals surface area (Å²) in [5.74, 6) is 0. The van der Waals surface area contributed by atoms with Gasteiger partial charge in [-0.1, -0.05) is 0 Å². The summed E-state index contributed by atoms with van der Waals surface area (Å²) in [6.45, 7) is 17.8. The molecule has 2 fully saturated rings. The van der Waals surface area contributed by atoms with Gasteiger partial charge < -0.3 is 19.6 Å². The van der Waals surface area contributed by atoms with E-state index in [0.717, 1.165) is 118 Å². The summed E-state index contributed by atoms with van der Waals surface area (Å²) < 4.78 is 49.2. The van der Waals surface area contributed by atoms with Crippen LogP contribution in [0.4, 0.5) is 11.4 Å². The highest BCUT2D eigenvalue weighted by Gasteiger charge is 2.22. The molecule has 2 aromatic heterocycles. The second-order valence-corrected chi connectivity index (χ2v) is 18.6. The van der Waals surface area contributed by atoms with E-state index >= 15 is 0 Å². The Morgan fingerprint density at radius 3 is 1.44 bits per heavy atom. The molecule has 0 amide bonds. The van der Waals surface area contributed by atoms with Crippen LogP contribution >= 0.6 is 12.4 Å². The topological polar surface area (TPSA) is 205 Å². The third-order valence-electron chi connectivity index (χ3n) is 10.9. The van der Waals surface area contributed by atoms with Gasteiger partial charge in [0.2, 0.25) is 10.0 Å². The number of nitrogens with two attached hydrogens (primary N) is 1. The standard InChI is InChI=1S/C21H29N5O2S.C20H28N6O2S.ClH/c1-16-12-19-20(13-17(16)2)23-15-18(14-22)21(19)26-9-5-8-25(10-11-26)7-4-6-24-29(3,27)28;1-15-11-18-19(12-16(15)2)23-14-17(13-21)20(18)26-8-4-7-25(9-10-26)6-3-5-24-29(22,27)28;/h12-13,15,24H,4-11H2,1-3H3;11-12,14,24H,3-10H2,1-2H3,(H2,22,27,28);1H. The molecule has 2 aliphatic heterocycles. The third kappa shape index (κ3) is 13.4. The van der Waals surface area contributed by atoms with Crippen LogP contribution in [0.25, 0.3) is 21.8 Å². The number of nitrogens with zero attached hydrogens (tertiary/aromatic N) is 8. The van der Waals surface area contributed by atoms with Gasteiger partial charge >= 0.3 is 0 Å². The van der Waals surface area contributed by atoms with Crippen molar-refractivity contribution in [3.05, 3.63) is 70.0 Å². The lowest BCUT2D eigenvalue weighted by molar-refractivity contribution is 0.290. The molecular formula is C41H58ClN11O4S2. The van der Waals surface area contributed by atoms with Crippen LogP contribution in [0.5, 0.6) is 0 Å². The van der Waals surface area contributed by atoms with E-state index in [0.29, 0.717) is 30.6 Å². The SMILES string of the molecule is Cc1cc2ncc(C#N)c(N3CCCN(CCCNS(C)(=O)=O)CC3)c2cc1C.Cc1cc2ncc(C#N)c(N3CCCN(CCCNS(N)(=O)=O)CC3)c2cc1C.Cl. The number of anilines is 2. The molecule has 0 aliphatic carbocycles. The summed E-state index contributed by atoms with van der Waals surface area (Å²) in [4.78, 5) is 18.3. The van der Waals surface area contributed by atoms with E-state index in [2.05, 4.69) is 103 Å². The average Bonchev–Trinajstić information content (AvgIpc) is 3.55. The van der Waals surface area contributed by atoms with Crippen molar-refractivity contribution < 1.29 is 16.8 Å². The van der Waals surface area contributed by atoms with Crippen molar-refractivity contribution in [2.75, 3.05) is 94.6 Å². The van der Waals surface area contributed by atoms with Crippen molar-refractivity contribution in [1.29, 1.82) is 10.5 Å². The van der Waals surface area contributed by atoms with Crippen LogP contribution in [-0.2, 0) is 20.2 Å². The zero-order valence-electron chi connectivity index (χ0n) is 34.8. The minimum atomic E-state index is -3.63. The summed E-state index contributed by atoms with van der Waals surface area (Å²) >= 11 is 0. The molecule has 4 aromatic rings. The number of benzene rings is 2. The van der Waals surface area contributed by atoms with Crippen molar-refractivity contribution in [1.82, 2.24) is 29.2 Å². The summed E-state index contributed by atoms with van der Waals surface area (Å²) in [6.07, 6.45) is 8.01. The van der Waals surface area contributed by atoms with Gasteiger partial charge in [-0.2, -0.15) is 18.9 Å². The molecule has 0 bridgehead atoms. The van der Waals surface area contributed by atoms with E-state index in [9.17, 15) is 27.4 Å². The fraction of sp³-hybridized carbons (Fsp3) is 0.512. The number of sulfonamides is 1. The van der Waals surface area contributed by atoms with E-state index in [4.69, 9.17) is 5.14 Å². The number of aryl methyl sites for hydroxylation is 4. The smallest absolute Gasteiger partial charge is 0.274 e. The Hall–Kier alpha value is -4.17. The Labute approximate surface area is 356 Å². The number of aromatic nitrogens is 2. The second-order valence-electron chi connectivity index (χ2n) is 15.3. The van der Waals surface area contributed by atoms with Gasteiger partial charge in [-0.25, -0.2) is 23.0 Å². The van der Waals surface area contributed by atoms with Crippen molar-refractivity contribution in [3.8, 4) is 12.1 Å². The van der Waals surface area contributed by atoms with Crippen LogP contribution < -0.4 is 24.4 Å². The maximum atomic E-state index is 11.2. The van der Waals surface area contributed by atoms with Crippen molar-refractivity contribution in [3.63, 3.8) is 0 Å². The van der Waals surface area contributed by atoms with Gasteiger partial charge in [0, 0.05) is 75.5 Å². The number of hydrogen-bond acceptors (Lipinski definition) is 12. The Morgan fingerprint density at radius 2 is 1.05 bits per heavy atom. The quantitative estimate of drug-likeness (QED) is 0.173. The molecule has 0 saturated carbocycles. The molecule has 15 nitrogen and oxygen atoms in total. The van der Waals surface area contributed by atoms with Crippen LogP contribution in [0.3, 0.4) is 0 Å². The highest BCUT2D eigenvalue weighted by molar-refractivity contribution is 7.88. The zero-order valence-corrected chi connectivity index (χ0v) is 37.2. The van der Waals surface area contributed by atoms with Crippen LogP contribution in [0, 0.1) is 50.4 Å². The lowest BCUT2D eigenvalue weighted by atomic mass is 10.0. The minimum absolute atomic E-state index is 0. The molecule has 6 rings (SSSR count). The number of pyridine rings is 2. The first-order valence-electron chi connectivity index (χ1n) is 19.8. The summed E-state index contributed by atoms with van der Waals surface area (Å²) in [6, 6.07) is 13.1. The first-order chi connectivity index (χ1) is 27.6. The van der Waals surface area contributed by atoms with Crippen LogP contribution in [0.2, 0.25) is 0 Å². The van der Waals surface area contributed by atoms with Crippen molar-refractivity contribution in [2.45, 2.75) is 53.4 Å². The van der Waals surface area contributed by atoms with E-state index < -0.39 is 20.2 Å². The first kappa shape index (κ1) is 47.5. The Balaban J connectivity index is 0.000000256. The fourth-order valence-corrected chi connectivity index (χ4v) is 8.58. The summed E-state index contributed by atoms with van der Waals surface area (Å²) in [5.41, 5.74) is 9.80. The van der Waals surface area contributed by atoms with Gasteiger partial charge in [0.25, 0.3) is 10.2 Å². The molecule has 18 heteroatoms. The maximum absolute atomic E-state index is 11.2. The van der Waals surface area contributed by atoms with E-state index in [1.807, 2.05) is 0 Å². The van der Waals surface area contributed by atoms with E-state index in [1.54, 1.807) is 12.4 Å². The van der Waals surface area contributed by atoms with Crippen LogP contribution in [-0.4, -0.2) is 121 Å². The lowest BCUT2D eigenvalue weighted by Crippen LogP contribution is -2.35. The highest BCUT2D eigenvalue weighted by atomic mass is 35.5. The van der Waals surface area contributed by atoms with E-state index in [1.165, 1.54) is 28.5 Å². The molecular weight excluding hydrogens is 810 g/mol. The predicted octanol–water partition coefficient (Wildman–Crippen LogP) is 4.02. The van der Waals surface area contributed by atoms with Crippen LogP contribution in [0.1, 0.15) is 59.1 Å². The van der Waals surface area contributed by atoms with Crippen molar-refractivity contribution in [2.24, 2.45) is 5.14 Å². The van der Waals surface area contributed by atoms with Gasteiger partial charge in [0.1, 0.15) is 12.1 Å². The number of halogens is 1. The highest BCUT2D eigenvalue weighted by Crippen LogP contribution is 2.33. The monoisotopic (exact) mass is 867 g/mol. The molecule has 320 valence electrons. The van der Waals surface area contributed by atoms with Crippen molar-refractivity contribution >= 4 is 65.8 Å². The first-order valence-corrected chi connectivity index (χ1v) is 23.3. The number of rotatable bonds is 12. The normalized spacial score (nSPS) is 15.7. The van der Waals surface area contributed by atoms with Gasteiger partial charge in [0.15, 0.2) is 0 Å². The Morgan fingerprint density at radius 1 is 0.644 bits per heavy atom. The maximum Gasteiger partial charge on any atom is 0.274 e. The molecule has 2 aliphatic rings. The molecule has 2 saturated heterocycles. The molecule has 0 unspecified atom stereocenters. The van der Waals surface area contributed by atoms with Gasteiger partial charge in [-0.05, 0) is 126 Å². The fourth-order valence-electron chi connectivity index (χ4n) is 7.63. The van der Waals surface area contributed by atoms with Crippen LogP contribution in [0.15, 0.2) is 36.7 Å². The predicted molar refractivity (Wildman–Crippen MR) is 239 cm³/mol. The lowest BCUT2D eigenvalue weighted by Gasteiger charge is -2.26. The number of hydrogen-bond donors (Lipinski definition) is 3. The van der Waals surface area contributed by atoms with Gasteiger partial charge in [-0.3, -0.25) is 9.97 Å². The summed E-state index contributed by atoms with van der Waals surface area (Å²) in [7, 11) is -6.76. The Bertz CT molecular complexity index is 2240. The largest absolute Gasteiger partial charge is 0.369 e. The summed E-state index contributed by atoms with van der Waals surface area (Å²) in [5, 5.41) is 26.4. The number of fused-ring (bicyclic) bond motifs is 2. The molecule has 4 N–H and O–H groups in total. The van der Waals surface area contributed by atoms with E-state index in [-0.39, 0.29) is 12.4 Å².